The number of nitrogens with two attached hydrogens (primary N) is 2. The van der Waals surface area contributed by atoms with E-state index in [9.17, 15) is 53.6 Å². The van der Waals surface area contributed by atoms with E-state index in [0.717, 1.165) is 10.9 Å². The van der Waals surface area contributed by atoms with Crippen molar-refractivity contribution in [1.29, 1.82) is 0 Å². The zero-order valence-corrected chi connectivity index (χ0v) is 43.6. The number of nitrogens with zero attached hydrogens (tertiary/aromatic N) is 10. The fourth-order valence-corrected chi connectivity index (χ4v) is 15.0. The smallest absolute Gasteiger partial charge is 0.387 e. The maximum Gasteiger partial charge on any atom is 0.479 e. The van der Waals surface area contributed by atoms with Crippen LogP contribution in [-0.2, 0) is 90.2 Å². The minimum atomic E-state index is -5.67. The van der Waals surface area contributed by atoms with Crippen molar-refractivity contribution < 1.29 is 99.0 Å². The Hall–Kier alpha value is -4.11. The standard InChI is InChI=1S/C33H44N14O22P4S2/c1-44-11-47(26-17(44)28(52)43-33(35)41-26)30-20(50)21(59-2)14(65-30)6-61-70(53,54)68-73(58,75)69-71(55,56)62-7-15-22(23(60-3)31(66-15)45-9-38-12-4-36-8-37-24(12)45)67-72(57,74)63-5-13-18(48)19(49)29(64-13)46-10-39-16-25(46)40-32(34)42-27(16)51/h4,8-11,13-15,18-23,29-31,48-50H,5-7H2,1-3H3,(H9-,34,35,40,41,42,43,51,52,53,54,55,56,57,58,74,75)/p+1. The lowest BCUT2D eigenvalue weighted by Gasteiger charge is -2.28. The number of hydrogen-bond donors (Lipinski definition) is 11. The average Bonchev–Trinajstić information content (AvgIpc) is 4.18. The summed E-state index contributed by atoms with van der Waals surface area (Å²) in [4.78, 5) is 97.6. The molecule has 36 nitrogen and oxygen atoms in total. The van der Waals surface area contributed by atoms with E-state index < -0.39 is 134 Å². The highest BCUT2D eigenvalue weighted by atomic mass is 32.5. The molecular weight excluding hydrogens is 1130 g/mol. The number of aromatic amines is 2. The molecule has 0 saturated carbocycles. The highest BCUT2D eigenvalue weighted by Crippen LogP contribution is 2.68. The van der Waals surface area contributed by atoms with Crippen LogP contribution >= 0.6 is 29.1 Å². The molecule has 3 fully saturated rings. The highest BCUT2D eigenvalue weighted by molar-refractivity contribution is 8.09. The van der Waals surface area contributed by atoms with Crippen LogP contribution in [0, 0.1) is 0 Å². The van der Waals surface area contributed by atoms with E-state index in [1.54, 1.807) is 0 Å². The molecule has 16 unspecified atom stereocenters. The average molecular weight is 1180 g/mol. The zero-order chi connectivity index (χ0) is 54.1. The number of aliphatic hydroxyl groups excluding tert-OH is 3. The van der Waals surface area contributed by atoms with Gasteiger partial charge in [0.05, 0.1) is 45.7 Å². The summed E-state index contributed by atoms with van der Waals surface area (Å²) < 4.78 is 91.4. The molecule has 3 saturated heterocycles. The summed E-state index contributed by atoms with van der Waals surface area (Å²) in [6, 6.07) is 0. The van der Waals surface area contributed by atoms with Gasteiger partial charge in [-0.05, 0) is 23.6 Å². The van der Waals surface area contributed by atoms with Crippen LogP contribution in [0.25, 0.3) is 33.5 Å². The van der Waals surface area contributed by atoms with Gasteiger partial charge in [-0.2, -0.15) is 4.98 Å². The molecule has 6 aromatic heterocycles. The summed E-state index contributed by atoms with van der Waals surface area (Å²) in [5, 5.41) is 33.0. The number of imidazole rings is 3. The number of H-pyrrole nitrogens is 2. The SMILES string of the molecule is COC1C(COP(=O)(O)OP(O)(=S)OP(=O)(O)OCC2OC(n3cnc4cncnc43)C(OC)C2OP(O)(=S)OCC2OC(n3cnc4c(=O)[nH]c(N)nc43)C(O)C2O)OC([n+]2cn(C)c3c(=O)[nH]c(N)nc32)C1O. The first kappa shape index (κ1) is 55.6. The number of nitrogens with one attached hydrogen (secondary N) is 2. The third kappa shape index (κ3) is 11.4. The van der Waals surface area contributed by atoms with E-state index in [1.807, 2.05) is 0 Å². The molecule has 0 spiro atoms. The molecule has 9 heterocycles. The van der Waals surface area contributed by atoms with Gasteiger partial charge in [0.2, 0.25) is 17.7 Å². The predicted octanol–water partition coefficient (Wildman–Crippen LogP) is -3.41. The Labute approximate surface area is 427 Å². The molecule has 9 rings (SSSR count). The summed E-state index contributed by atoms with van der Waals surface area (Å²) in [6.45, 7) is -12.5. The minimum Gasteiger partial charge on any atom is -0.387 e. The first-order chi connectivity index (χ1) is 35.3. The van der Waals surface area contributed by atoms with Crippen LogP contribution < -0.4 is 27.2 Å². The van der Waals surface area contributed by atoms with Crippen LogP contribution in [0.3, 0.4) is 0 Å². The van der Waals surface area contributed by atoms with Gasteiger partial charge in [0.1, 0.15) is 66.8 Å². The fourth-order valence-electron chi connectivity index (χ4n) is 8.48. The second kappa shape index (κ2) is 21.3. The summed E-state index contributed by atoms with van der Waals surface area (Å²) in [7, 11) is -7.31. The van der Waals surface area contributed by atoms with Crippen molar-refractivity contribution in [2.45, 2.75) is 73.6 Å². The van der Waals surface area contributed by atoms with E-state index in [1.165, 1.54) is 60.1 Å². The number of aryl methyl sites for hydroxylation is 1. The highest BCUT2D eigenvalue weighted by Gasteiger charge is 2.53. The van der Waals surface area contributed by atoms with Crippen molar-refractivity contribution in [3.63, 3.8) is 0 Å². The zero-order valence-electron chi connectivity index (χ0n) is 38.4. The maximum atomic E-state index is 13.4. The Kier molecular flexibility index (Phi) is 15.8. The minimum absolute atomic E-state index is 0.00120. The van der Waals surface area contributed by atoms with Crippen LogP contribution in [0.1, 0.15) is 18.7 Å². The van der Waals surface area contributed by atoms with Gasteiger partial charge in [0.25, 0.3) is 17.1 Å². The van der Waals surface area contributed by atoms with Crippen LogP contribution in [0.5, 0.6) is 0 Å². The first-order valence-corrected chi connectivity index (χ1v) is 29.5. The molecule has 3 aliphatic heterocycles. The first-order valence-electron chi connectivity index (χ1n) is 21.3. The second-order valence-electron chi connectivity index (χ2n) is 16.5. The summed E-state index contributed by atoms with van der Waals surface area (Å²) in [5.41, 5.74) is 10.4. The molecular formula is C33H45N14O22P4S2+. The van der Waals surface area contributed by atoms with Gasteiger partial charge >= 0.3 is 34.7 Å². The lowest BCUT2D eigenvalue weighted by Crippen LogP contribution is -2.46. The molecule has 16 atom stereocenters. The van der Waals surface area contributed by atoms with Crippen LogP contribution in [0.2, 0.25) is 0 Å². The van der Waals surface area contributed by atoms with E-state index in [0.29, 0.717) is 5.52 Å². The molecule has 0 radical (unpaired) electrons. The van der Waals surface area contributed by atoms with Crippen LogP contribution in [0.4, 0.5) is 11.9 Å². The second-order valence-corrected chi connectivity index (χ2v) is 25.3. The van der Waals surface area contributed by atoms with Gasteiger partial charge in [0.15, 0.2) is 35.6 Å². The molecule has 0 amide bonds. The lowest BCUT2D eigenvalue weighted by molar-refractivity contribution is -0.745. The predicted molar refractivity (Wildman–Crippen MR) is 253 cm³/mol. The number of methoxy groups -OCH3 is 2. The third-order valence-corrected chi connectivity index (χ3v) is 18.7. The Balaban J connectivity index is 0.858. The molecule has 13 N–H and O–H groups in total. The van der Waals surface area contributed by atoms with Gasteiger partial charge in [0, 0.05) is 14.2 Å². The number of nitrogen functional groups attached to an aromatic ring is 2. The van der Waals surface area contributed by atoms with Crippen LogP contribution in [0.15, 0.2) is 41.1 Å². The summed E-state index contributed by atoms with van der Waals surface area (Å²) in [6.07, 6.45) is -11.0. The van der Waals surface area contributed by atoms with Crippen molar-refractivity contribution in [3.05, 3.63) is 52.2 Å². The number of rotatable bonds is 20. The van der Waals surface area contributed by atoms with Crippen molar-refractivity contribution >= 4 is 98.1 Å². The van der Waals surface area contributed by atoms with Crippen molar-refractivity contribution in [2.75, 3.05) is 45.5 Å². The van der Waals surface area contributed by atoms with Gasteiger partial charge in [-0.1, -0.05) is 4.98 Å². The Morgan fingerprint density at radius 2 is 1.33 bits per heavy atom. The normalized spacial score (nSPS) is 30.5. The van der Waals surface area contributed by atoms with E-state index in [2.05, 4.69) is 48.5 Å². The molecule has 3 aliphatic rings. The number of hydrogen-bond acceptors (Lipinski definition) is 28. The summed E-state index contributed by atoms with van der Waals surface area (Å²) in [5.74, 6) is -0.516. The fraction of sp³-hybridized carbons (Fsp3) is 0.545. The number of phosphoric acid groups is 2. The number of fused-ring (bicyclic) bond motifs is 3. The maximum absolute atomic E-state index is 13.4. The number of phosphoric ester groups is 2. The monoisotopic (exact) mass is 1180 g/mol. The van der Waals surface area contributed by atoms with Crippen molar-refractivity contribution in [3.8, 4) is 0 Å². The molecule has 6 aromatic rings. The van der Waals surface area contributed by atoms with Gasteiger partial charge in [-0.25, -0.2) is 42.3 Å². The van der Waals surface area contributed by atoms with Gasteiger partial charge < -0.3 is 74.6 Å². The Morgan fingerprint density at radius 1 is 0.733 bits per heavy atom. The molecule has 0 aliphatic carbocycles. The third-order valence-electron chi connectivity index (χ3n) is 11.7. The number of anilines is 2. The topological polar surface area (TPSA) is 491 Å². The molecule has 0 aromatic carbocycles. The van der Waals surface area contributed by atoms with Gasteiger partial charge in [-0.3, -0.25) is 46.8 Å². The molecule has 75 heavy (non-hydrogen) atoms. The lowest BCUT2D eigenvalue weighted by atomic mass is 10.1. The summed E-state index contributed by atoms with van der Waals surface area (Å²) >= 11 is 10.1. The molecule has 42 heteroatoms. The quantitative estimate of drug-likeness (QED) is 0.0262. The number of aliphatic hydroxyl groups is 3. The largest absolute Gasteiger partial charge is 0.479 e. The van der Waals surface area contributed by atoms with Crippen molar-refractivity contribution in [1.82, 2.24) is 53.6 Å². The Bertz CT molecular complexity index is 3440. The van der Waals surface area contributed by atoms with Gasteiger partial charge in [-0.15, -0.1) is 0 Å². The van der Waals surface area contributed by atoms with E-state index >= 15 is 0 Å². The molecule has 410 valence electrons. The van der Waals surface area contributed by atoms with Crippen molar-refractivity contribution in [2.24, 2.45) is 7.05 Å². The van der Waals surface area contributed by atoms with E-state index in [4.69, 9.17) is 76.9 Å². The number of ether oxygens (including phenoxy) is 5. The number of aromatic nitrogens is 12. The molecule has 0 bridgehead atoms. The van der Waals surface area contributed by atoms with E-state index in [-0.39, 0.29) is 39.9 Å². The van der Waals surface area contributed by atoms with Crippen LogP contribution in [-0.4, -0.2) is 177 Å². The Morgan fingerprint density at radius 3 is 2.01 bits per heavy atom.